The van der Waals surface area contributed by atoms with Gasteiger partial charge in [0.15, 0.2) is 0 Å². The van der Waals surface area contributed by atoms with Gasteiger partial charge >= 0.3 is 0 Å². The van der Waals surface area contributed by atoms with E-state index in [4.69, 9.17) is 39.4 Å². The molecule has 1 saturated heterocycles. The van der Waals surface area contributed by atoms with E-state index in [1.165, 1.54) is 48.4 Å². The number of ether oxygens (including phenoxy) is 1. The summed E-state index contributed by atoms with van der Waals surface area (Å²) in [5.41, 5.74) is 9.89. The molecule has 1 fully saturated rings. The first-order chi connectivity index (χ1) is 20.3. The summed E-state index contributed by atoms with van der Waals surface area (Å²) in [6, 6.07) is 11.4. The first-order valence-corrected chi connectivity index (χ1v) is 14.2. The van der Waals surface area contributed by atoms with Crippen molar-refractivity contribution in [3.63, 3.8) is 0 Å². The quantitative estimate of drug-likeness (QED) is 0.317. The van der Waals surface area contributed by atoms with Crippen molar-refractivity contribution in [2.75, 3.05) is 18.7 Å². The lowest BCUT2D eigenvalue weighted by Gasteiger charge is -2.38. The van der Waals surface area contributed by atoms with Crippen LogP contribution in [-0.4, -0.2) is 43.6 Å². The van der Waals surface area contributed by atoms with Crippen LogP contribution in [0.3, 0.4) is 0 Å². The molecular weight excluding hydrogens is 601 g/mol. The van der Waals surface area contributed by atoms with Gasteiger partial charge in [-0.05, 0) is 59.4 Å². The Morgan fingerprint density at radius 2 is 1.81 bits per heavy atom. The number of rotatable bonds is 8. The van der Waals surface area contributed by atoms with E-state index in [1.807, 2.05) is 0 Å². The van der Waals surface area contributed by atoms with Crippen molar-refractivity contribution in [3.8, 4) is 5.75 Å². The zero-order valence-electron chi connectivity index (χ0n) is 23.6. The molecule has 0 saturated carbocycles. The van der Waals surface area contributed by atoms with E-state index < -0.39 is 59.0 Å². The number of hydrogen-bond donors (Lipinski definition) is 3. The molecule has 1 spiro atoms. The van der Waals surface area contributed by atoms with Crippen LogP contribution in [0.1, 0.15) is 47.7 Å². The van der Waals surface area contributed by atoms with Crippen LogP contribution in [0, 0.1) is 11.2 Å². The number of halogens is 4. The highest BCUT2D eigenvalue weighted by Crippen LogP contribution is 2.60. The fourth-order valence-corrected chi connectivity index (χ4v) is 6.87. The predicted molar refractivity (Wildman–Crippen MR) is 160 cm³/mol. The summed E-state index contributed by atoms with van der Waals surface area (Å²) < 4.78 is 35.8. The number of nitrogens with two attached hydrogens (primary N) is 2. The first kappa shape index (κ1) is 30.7. The van der Waals surface area contributed by atoms with Crippen molar-refractivity contribution in [2.45, 2.75) is 43.7 Å². The van der Waals surface area contributed by atoms with Gasteiger partial charge in [0.25, 0.3) is 0 Å². The number of alkyl halides is 1. The van der Waals surface area contributed by atoms with E-state index in [9.17, 15) is 14.0 Å². The van der Waals surface area contributed by atoms with E-state index >= 15 is 9.18 Å². The smallest absolute Gasteiger partial charge is 0.248 e. The van der Waals surface area contributed by atoms with Gasteiger partial charge in [0.2, 0.25) is 17.7 Å². The Morgan fingerprint density at radius 1 is 1.09 bits per heavy atom. The van der Waals surface area contributed by atoms with Crippen molar-refractivity contribution in [1.29, 1.82) is 0 Å². The average molecular weight is 632 g/mol. The van der Waals surface area contributed by atoms with Crippen LogP contribution in [0.15, 0.2) is 54.6 Å². The Hall–Kier alpha value is -3.73. The van der Waals surface area contributed by atoms with E-state index in [1.54, 1.807) is 32.0 Å². The molecule has 226 valence electrons. The number of primary amides is 2. The second-order valence-electron chi connectivity index (χ2n) is 11.6. The summed E-state index contributed by atoms with van der Waals surface area (Å²) in [6.45, 7) is 2.66. The number of anilines is 2. The molecule has 0 aliphatic carbocycles. The van der Waals surface area contributed by atoms with Crippen LogP contribution < -0.4 is 26.4 Å². The molecule has 2 aliphatic heterocycles. The molecule has 0 aromatic heterocycles. The van der Waals surface area contributed by atoms with E-state index in [0.717, 1.165) is 0 Å². The molecule has 4 atom stereocenters. The van der Waals surface area contributed by atoms with Gasteiger partial charge in [-0.2, -0.15) is 0 Å². The number of nitrogens with zero attached hydrogens (tertiary/aromatic N) is 1. The molecule has 2 heterocycles. The van der Waals surface area contributed by atoms with Gasteiger partial charge in [-0.3, -0.25) is 23.7 Å². The first-order valence-electron chi connectivity index (χ1n) is 13.5. The van der Waals surface area contributed by atoms with Gasteiger partial charge in [0.1, 0.15) is 17.0 Å². The number of hydrogen-bond acceptors (Lipinski definition) is 5. The molecule has 0 bridgehead atoms. The second-order valence-corrected chi connectivity index (χ2v) is 12.5. The van der Waals surface area contributed by atoms with Crippen LogP contribution >= 0.6 is 23.2 Å². The topological polar surface area (TPSA) is 128 Å². The van der Waals surface area contributed by atoms with Crippen molar-refractivity contribution < 1.29 is 27.9 Å². The van der Waals surface area contributed by atoms with E-state index in [0.29, 0.717) is 16.3 Å². The maximum atomic E-state index is 15.9. The summed E-state index contributed by atoms with van der Waals surface area (Å²) in [5, 5.41) is 3.29. The van der Waals surface area contributed by atoms with Crippen LogP contribution in [0.25, 0.3) is 0 Å². The van der Waals surface area contributed by atoms with Gasteiger partial charge < -0.3 is 21.5 Å². The Balaban J connectivity index is 1.87. The maximum Gasteiger partial charge on any atom is 0.248 e. The molecule has 5 rings (SSSR count). The highest BCUT2D eigenvalue weighted by atomic mass is 35.5. The molecule has 3 amide bonds. The number of nitrogens with one attached hydrogen (secondary N) is 1. The third-order valence-electron chi connectivity index (χ3n) is 8.40. The largest absolute Gasteiger partial charge is 0.495 e. The Morgan fingerprint density at radius 3 is 2.44 bits per heavy atom. The Kier molecular flexibility index (Phi) is 7.91. The molecule has 8 nitrogen and oxygen atoms in total. The number of methoxy groups -OCH3 is 1. The summed E-state index contributed by atoms with van der Waals surface area (Å²) in [6.07, 6.45) is 0.0748. The van der Waals surface area contributed by atoms with Gasteiger partial charge in [-0.1, -0.05) is 55.2 Å². The van der Waals surface area contributed by atoms with Crippen molar-refractivity contribution >= 4 is 52.3 Å². The zero-order chi connectivity index (χ0) is 31.4. The molecule has 3 aromatic carbocycles. The fourth-order valence-electron chi connectivity index (χ4n) is 6.52. The standard InChI is InChI=1S/C31H30Cl2F2N4O4/c1-30(2,14-34)13-23-31(24(26(38-23)28(37)41)17-5-4-6-19(33)25(17)35)18-9-8-16(32)12-21(18)39(29(31)42)20-10-7-15(27(36)40)11-22(20)43-3/h4-12,23-24,26,38H,13-14H2,1-3H3,(H2,36,40)(H2,37,41)/t23-,24-,26+,31+/m0/s1. The lowest BCUT2D eigenvalue weighted by Crippen LogP contribution is -2.51. The molecular formula is C31H30Cl2F2N4O4. The van der Waals surface area contributed by atoms with Gasteiger partial charge in [0, 0.05) is 22.5 Å². The lowest BCUT2D eigenvalue weighted by molar-refractivity contribution is -0.124. The minimum absolute atomic E-state index is 0.00324. The van der Waals surface area contributed by atoms with Gasteiger partial charge in [-0.25, -0.2) is 4.39 Å². The van der Waals surface area contributed by atoms with Gasteiger partial charge in [-0.15, -0.1) is 0 Å². The van der Waals surface area contributed by atoms with Crippen molar-refractivity contribution in [3.05, 3.63) is 87.2 Å². The minimum atomic E-state index is -1.69. The third kappa shape index (κ3) is 4.81. The fraction of sp³-hybridized carbons (Fsp3) is 0.323. The normalized spacial score (nSPS) is 23.1. The molecule has 12 heteroatoms. The van der Waals surface area contributed by atoms with Crippen LogP contribution in [0.2, 0.25) is 10.0 Å². The van der Waals surface area contributed by atoms with Crippen molar-refractivity contribution in [2.24, 2.45) is 16.9 Å². The number of amides is 3. The van der Waals surface area contributed by atoms with Crippen molar-refractivity contribution in [1.82, 2.24) is 5.32 Å². The minimum Gasteiger partial charge on any atom is -0.495 e. The lowest BCUT2D eigenvalue weighted by atomic mass is 9.62. The average Bonchev–Trinajstić information content (AvgIpc) is 3.41. The predicted octanol–water partition coefficient (Wildman–Crippen LogP) is 5.15. The van der Waals surface area contributed by atoms with E-state index in [2.05, 4.69) is 5.32 Å². The maximum absolute atomic E-state index is 15.9. The van der Waals surface area contributed by atoms with Crippen LogP contribution in [0.4, 0.5) is 20.2 Å². The van der Waals surface area contributed by atoms with Crippen LogP contribution in [-0.2, 0) is 15.0 Å². The van der Waals surface area contributed by atoms with Crippen LogP contribution in [0.5, 0.6) is 5.75 Å². The molecule has 43 heavy (non-hydrogen) atoms. The summed E-state index contributed by atoms with van der Waals surface area (Å²) in [7, 11) is 1.37. The summed E-state index contributed by atoms with van der Waals surface area (Å²) in [5.74, 6) is -3.94. The highest BCUT2D eigenvalue weighted by molar-refractivity contribution is 6.31. The summed E-state index contributed by atoms with van der Waals surface area (Å²) >= 11 is 12.7. The summed E-state index contributed by atoms with van der Waals surface area (Å²) in [4.78, 5) is 41.5. The monoisotopic (exact) mass is 630 g/mol. The molecule has 2 aliphatic rings. The number of carbonyl (C=O) groups excluding carboxylic acids is 3. The highest BCUT2D eigenvalue weighted by Gasteiger charge is 2.68. The SMILES string of the molecule is COc1cc(C(N)=O)ccc1N1C(=O)[C@]2(c3ccc(Cl)cc31)[C@H](CC(C)(C)CF)N[C@@H](C(N)=O)[C@@H]2c1cccc(Cl)c1F. The molecule has 5 N–H and O–H groups in total. The number of fused-ring (bicyclic) bond motifs is 2. The zero-order valence-corrected chi connectivity index (χ0v) is 25.1. The van der Waals surface area contributed by atoms with E-state index in [-0.39, 0.29) is 34.0 Å². The Bertz CT molecular complexity index is 1650. The third-order valence-corrected chi connectivity index (χ3v) is 8.93. The number of carbonyl (C=O) groups is 3. The molecule has 0 unspecified atom stereocenters. The number of benzene rings is 3. The van der Waals surface area contributed by atoms with Gasteiger partial charge in [0.05, 0.1) is 36.2 Å². The molecule has 0 radical (unpaired) electrons. The Labute approximate surface area is 257 Å². The molecule has 3 aromatic rings. The second kappa shape index (κ2) is 11.1.